The summed E-state index contributed by atoms with van der Waals surface area (Å²) in [7, 11) is 0. The fourth-order valence-corrected chi connectivity index (χ4v) is 2.88. The molecular formula is C20H16FNO5. The molecular weight excluding hydrogens is 353 g/mol. The Morgan fingerprint density at radius 1 is 1.15 bits per heavy atom. The van der Waals surface area contributed by atoms with Crippen LogP contribution < -0.4 is 9.47 Å². The van der Waals surface area contributed by atoms with Crippen LogP contribution in [0.3, 0.4) is 0 Å². The zero-order valence-corrected chi connectivity index (χ0v) is 14.3. The number of benzene rings is 2. The molecule has 7 heteroatoms. The number of ether oxygens (including phenoxy) is 3. The van der Waals surface area contributed by atoms with Gasteiger partial charge in [0, 0.05) is 24.7 Å². The smallest absolute Gasteiger partial charge is 0.415 e. The number of amides is 1. The van der Waals surface area contributed by atoms with Crippen molar-refractivity contribution in [2.24, 2.45) is 0 Å². The number of morpholine rings is 1. The fourth-order valence-electron chi connectivity index (χ4n) is 2.88. The molecule has 2 aromatic rings. The van der Waals surface area contributed by atoms with Crippen LogP contribution in [0.4, 0.5) is 9.18 Å². The quantitative estimate of drug-likeness (QED) is 0.760. The molecule has 0 spiro atoms. The maximum absolute atomic E-state index is 13.8. The number of halogens is 1. The molecule has 6 nitrogen and oxygen atoms in total. The van der Waals surface area contributed by atoms with Crippen LogP contribution in [0.2, 0.25) is 0 Å². The maximum Gasteiger partial charge on any atom is 0.415 e. The van der Waals surface area contributed by atoms with Crippen LogP contribution in [-0.4, -0.2) is 43.1 Å². The summed E-state index contributed by atoms with van der Waals surface area (Å²) < 4.78 is 29.9. The van der Waals surface area contributed by atoms with Crippen molar-refractivity contribution in [2.45, 2.75) is 0 Å². The maximum atomic E-state index is 13.8. The molecule has 0 unspecified atom stereocenters. The summed E-state index contributed by atoms with van der Waals surface area (Å²) in [4.78, 5) is 26.2. The molecule has 0 bridgehead atoms. The van der Waals surface area contributed by atoms with E-state index >= 15 is 0 Å². The lowest BCUT2D eigenvalue weighted by Crippen LogP contribution is -2.42. The minimum absolute atomic E-state index is 0.0201. The van der Waals surface area contributed by atoms with Crippen molar-refractivity contribution in [1.82, 2.24) is 4.90 Å². The summed E-state index contributed by atoms with van der Waals surface area (Å²) in [6.45, 7) is 1.88. The second-order valence-electron chi connectivity index (χ2n) is 6.09. The Hall–Kier alpha value is -3.19. The zero-order chi connectivity index (χ0) is 18.8. The SMILES string of the molecule is O=C1/C(=C\c2ccccc2F)Oc2cc(OC(=O)N3CCOCC3)ccc21. The molecule has 0 atom stereocenters. The Labute approximate surface area is 154 Å². The van der Waals surface area contributed by atoms with Gasteiger partial charge in [0.1, 0.15) is 17.3 Å². The molecule has 0 N–H and O–H groups in total. The van der Waals surface area contributed by atoms with Gasteiger partial charge in [0.05, 0.1) is 18.8 Å². The molecule has 2 aliphatic heterocycles. The van der Waals surface area contributed by atoms with Crippen molar-refractivity contribution < 1.29 is 28.2 Å². The number of fused-ring (bicyclic) bond motifs is 1. The van der Waals surface area contributed by atoms with E-state index in [4.69, 9.17) is 14.2 Å². The number of hydrogen-bond donors (Lipinski definition) is 0. The number of rotatable bonds is 2. The number of nitrogens with zero attached hydrogens (tertiary/aromatic N) is 1. The van der Waals surface area contributed by atoms with Crippen molar-refractivity contribution >= 4 is 18.0 Å². The highest BCUT2D eigenvalue weighted by atomic mass is 19.1. The van der Waals surface area contributed by atoms with Gasteiger partial charge in [-0.2, -0.15) is 0 Å². The van der Waals surface area contributed by atoms with Crippen molar-refractivity contribution in [1.29, 1.82) is 0 Å². The van der Waals surface area contributed by atoms with Gasteiger partial charge in [-0.15, -0.1) is 0 Å². The number of ketones is 1. The highest BCUT2D eigenvalue weighted by Gasteiger charge is 2.28. The molecule has 4 rings (SSSR count). The highest BCUT2D eigenvalue weighted by molar-refractivity contribution is 6.14. The summed E-state index contributed by atoms with van der Waals surface area (Å²) in [5.74, 6) is -0.233. The normalized spacial score (nSPS) is 17.6. The molecule has 0 saturated carbocycles. The van der Waals surface area contributed by atoms with E-state index in [2.05, 4.69) is 0 Å². The van der Waals surface area contributed by atoms with Gasteiger partial charge in [0.25, 0.3) is 0 Å². The number of carbonyl (C=O) groups is 2. The van der Waals surface area contributed by atoms with Crippen molar-refractivity contribution in [3.05, 3.63) is 65.2 Å². The molecule has 0 radical (unpaired) electrons. The number of hydrogen-bond acceptors (Lipinski definition) is 5. The number of carbonyl (C=O) groups excluding carboxylic acids is 2. The van der Waals surface area contributed by atoms with Gasteiger partial charge in [0.15, 0.2) is 5.76 Å². The van der Waals surface area contributed by atoms with E-state index in [1.54, 1.807) is 23.1 Å². The molecule has 2 aliphatic rings. The Bertz CT molecular complexity index is 934. The van der Waals surface area contributed by atoms with Gasteiger partial charge in [0.2, 0.25) is 5.78 Å². The van der Waals surface area contributed by atoms with Gasteiger partial charge >= 0.3 is 6.09 Å². The van der Waals surface area contributed by atoms with Crippen LogP contribution >= 0.6 is 0 Å². The molecule has 2 heterocycles. The predicted molar refractivity (Wildman–Crippen MR) is 94.2 cm³/mol. The van der Waals surface area contributed by atoms with E-state index in [-0.39, 0.29) is 28.6 Å². The lowest BCUT2D eigenvalue weighted by Gasteiger charge is -2.25. The highest BCUT2D eigenvalue weighted by Crippen LogP contribution is 2.35. The van der Waals surface area contributed by atoms with Gasteiger partial charge in [-0.3, -0.25) is 4.79 Å². The van der Waals surface area contributed by atoms with E-state index in [0.29, 0.717) is 31.9 Å². The van der Waals surface area contributed by atoms with Crippen LogP contribution in [0.1, 0.15) is 15.9 Å². The third-order valence-corrected chi connectivity index (χ3v) is 4.31. The predicted octanol–water partition coefficient (Wildman–Crippen LogP) is 3.27. The third kappa shape index (κ3) is 3.54. The van der Waals surface area contributed by atoms with Crippen LogP contribution in [0.25, 0.3) is 6.08 Å². The summed E-state index contributed by atoms with van der Waals surface area (Å²) in [5.41, 5.74) is 0.594. The average molecular weight is 369 g/mol. The monoisotopic (exact) mass is 369 g/mol. The first-order valence-electron chi connectivity index (χ1n) is 8.49. The summed E-state index contributed by atoms with van der Waals surface area (Å²) in [5, 5.41) is 0. The number of allylic oxidation sites excluding steroid dienone is 1. The van der Waals surface area contributed by atoms with Gasteiger partial charge in [-0.1, -0.05) is 18.2 Å². The topological polar surface area (TPSA) is 65.1 Å². The third-order valence-electron chi connectivity index (χ3n) is 4.31. The molecule has 1 fully saturated rings. The van der Waals surface area contributed by atoms with Crippen molar-refractivity contribution in [3.63, 3.8) is 0 Å². The van der Waals surface area contributed by atoms with Crippen LogP contribution in [-0.2, 0) is 4.74 Å². The molecule has 2 aromatic carbocycles. The largest absolute Gasteiger partial charge is 0.452 e. The van der Waals surface area contributed by atoms with Crippen molar-refractivity contribution in [3.8, 4) is 11.5 Å². The molecule has 138 valence electrons. The van der Waals surface area contributed by atoms with Crippen LogP contribution in [0.5, 0.6) is 11.5 Å². The van der Waals surface area contributed by atoms with E-state index in [9.17, 15) is 14.0 Å². The summed E-state index contributed by atoms with van der Waals surface area (Å²) >= 11 is 0. The van der Waals surface area contributed by atoms with Crippen molar-refractivity contribution in [2.75, 3.05) is 26.3 Å². The second-order valence-corrected chi connectivity index (χ2v) is 6.09. The van der Waals surface area contributed by atoms with Crippen LogP contribution in [0.15, 0.2) is 48.2 Å². The first-order valence-corrected chi connectivity index (χ1v) is 8.49. The fraction of sp³-hybridized carbons (Fsp3) is 0.200. The Kier molecular flexibility index (Phi) is 4.60. The van der Waals surface area contributed by atoms with Gasteiger partial charge in [-0.25, -0.2) is 9.18 Å². The van der Waals surface area contributed by atoms with E-state index in [0.717, 1.165) is 0 Å². The van der Waals surface area contributed by atoms with Crippen LogP contribution in [0, 0.1) is 5.82 Å². The minimum Gasteiger partial charge on any atom is -0.452 e. The first kappa shape index (κ1) is 17.2. The Morgan fingerprint density at radius 3 is 2.70 bits per heavy atom. The van der Waals surface area contributed by atoms with E-state index in [1.807, 2.05) is 0 Å². The summed E-state index contributed by atoms with van der Waals surface area (Å²) in [6.07, 6.45) is 0.876. The molecule has 0 aliphatic carbocycles. The van der Waals surface area contributed by atoms with E-state index < -0.39 is 11.9 Å². The average Bonchev–Trinajstić information content (AvgIpc) is 2.99. The van der Waals surface area contributed by atoms with Gasteiger partial charge < -0.3 is 19.1 Å². The molecule has 0 aromatic heterocycles. The summed E-state index contributed by atoms with van der Waals surface area (Å²) in [6, 6.07) is 10.6. The number of Topliss-reactive ketones (excluding diaryl/α,β-unsaturated/α-hetero) is 1. The Balaban J connectivity index is 1.52. The molecule has 1 saturated heterocycles. The molecule has 27 heavy (non-hydrogen) atoms. The minimum atomic E-state index is -0.482. The van der Waals surface area contributed by atoms with Gasteiger partial charge in [-0.05, 0) is 24.3 Å². The standard InChI is InChI=1S/C20H16FNO5/c21-16-4-2-1-3-13(16)11-18-19(23)15-6-5-14(12-17(15)27-18)26-20(24)22-7-9-25-10-8-22/h1-6,11-12H,7-10H2/b18-11+. The first-order chi connectivity index (χ1) is 13.1. The second kappa shape index (κ2) is 7.20. The lowest BCUT2D eigenvalue weighted by molar-refractivity contribution is 0.0416. The van der Waals surface area contributed by atoms with E-state index in [1.165, 1.54) is 30.3 Å². The lowest BCUT2D eigenvalue weighted by atomic mass is 10.1. The zero-order valence-electron chi connectivity index (χ0n) is 14.3. The Morgan fingerprint density at radius 2 is 1.93 bits per heavy atom. The molecule has 1 amide bonds.